The average Bonchev–Trinajstić information content (AvgIpc) is 3.11. The van der Waals surface area contributed by atoms with Gasteiger partial charge in [0, 0.05) is 22.0 Å². The van der Waals surface area contributed by atoms with Gasteiger partial charge in [-0.15, -0.1) is 11.3 Å². The summed E-state index contributed by atoms with van der Waals surface area (Å²) in [5.41, 5.74) is -0.547. The summed E-state index contributed by atoms with van der Waals surface area (Å²) in [5, 5.41) is 5.34. The van der Waals surface area contributed by atoms with Crippen LogP contribution in [0.4, 0.5) is 13.2 Å². The Kier molecular flexibility index (Phi) is 6.41. The number of sulfonamides is 1. The van der Waals surface area contributed by atoms with Crippen molar-refractivity contribution < 1.29 is 21.6 Å². The summed E-state index contributed by atoms with van der Waals surface area (Å²) in [6.07, 6.45) is -4.57. The third-order valence-corrected chi connectivity index (χ3v) is 7.98. The summed E-state index contributed by atoms with van der Waals surface area (Å²) in [6, 6.07) is 11.4. The lowest BCUT2D eigenvalue weighted by Gasteiger charge is -2.18. The Morgan fingerprint density at radius 2 is 1.64 bits per heavy atom. The number of fused-ring (bicyclic) bond motifs is 1. The zero-order chi connectivity index (χ0) is 24.1. The van der Waals surface area contributed by atoms with Crippen molar-refractivity contribution >= 4 is 66.4 Å². The minimum Gasteiger partial charge on any atom is -0.241 e. The van der Waals surface area contributed by atoms with Crippen LogP contribution in [0.15, 0.2) is 53.4 Å². The van der Waals surface area contributed by atoms with E-state index in [2.05, 4.69) is 4.98 Å². The molecule has 0 saturated carbocycles. The monoisotopic (exact) mass is 550 g/mol. The van der Waals surface area contributed by atoms with Crippen LogP contribution >= 0.6 is 46.1 Å². The van der Waals surface area contributed by atoms with Gasteiger partial charge in [0.05, 0.1) is 25.8 Å². The maximum absolute atomic E-state index is 13.7. The van der Waals surface area contributed by atoms with Crippen LogP contribution in [0.2, 0.25) is 15.1 Å². The van der Waals surface area contributed by atoms with Gasteiger partial charge in [-0.25, -0.2) is 18.5 Å². The van der Waals surface area contributed by atoms with E-state index in [1.54, 1.807) is 0 Å². The van der Waals surface area contributed by atoms with E-state index in [4.69, 9.17) is 39.9 Å². The van der Waals surface area contributed by atoms with Gasteiger partial charge in [-0.2, -0.15) is 13.2 Å². The Hall–Kier alpha value is -1.88. The molecule has 0 saturated heterocycles. The maximum Gasteiger partial charge on any atom is 0.417 e. The van der Waals surface area contributed by atoms with Crippen LogP contribution in [0, 0.1) is 0 Å². The second kappa shape index (κ2) is 8.72. The molecule has 4 rings (SSSR count). The number of thiazole rings is 1. The molecule has 4 nitrogen and oxygen atoms in total. The van der Waals surface area contributed by atoms with E-state index in [9.17, 15) is 21.6 Å². The molecular weight excluding hydrogens is 540 g/mol. The highest BCUT2D eigenvalue weighted by molar-refractivity contribution is 7.89. The zero-order valence-corrected chi connectivity index (χ0v) is 20.2. The number of alkyl halides is 3. The minimum absolute atomic E-state index is 0.0851. The second-order valence-electron chi connectivity index (χ2n) is 7.01. The van der Waals surface area contributed by atoms with Gasteiger partial charge in [-0.05, 0) is 47.5 Å². The molecule has 2 N–H and O–H groups in total. The molecule has 1 heterocycles. The van der Waals surface area contributed by atoms with Crippen LogP contribution in [0.3, 0.4) is 0 Å². The predicted octanol–water partition coefficient (Wildman–Crippen LogP) is 7.18. The van der Waals surface area contributed by atoms with Gasteiger partial charge in [-0.1, -0.05) is 46.9 Å². The summed E-state index contributed by atoms with van der Waals surface area (Å²) < 4.78 is 65.7. The van der Waals surface area contributed by atoms with Gasteiger partial charge in [0.25, 0.3) is 0 Å². The fraction of sp³-hybridized carbons (Fsp3) is 0.0952. The molecule has 0 aliphatic carbocycles. The van der Waals surface area contributed by atoms with Crippen molar-refractivity contribution in [2.24, 2.45) is 5.14 Å². The van der Waals surface area contributed by atoms with E-state index in [0.29, 0.717) is 17.7 Å². The molecule has 33 heavy (non-hydrogen) atoms. The number of halogens is 6. The predicted molar refractivity (Wildman–Crippen MR) is 126 cm³/mol. The van der Waals surface area contributed by atoms with Gasteiger partial charge in [0.2, 0.25) is 10.0 Å². The molecule has 0 aliphatic rings. The minimum atomic E-state index is -4.82. The Bertz CT molecular complexity index is 1450. The first-order valence-electron chi connectivity index (χ1n) is 9.11. The van der Waals surface area contributed by atoms with Crippen LogP contribution in [0.25, 0.3) is 21.3 Å². The van der Waals surface area contributed by atoms with Crippen molar-refractivity contribution in [3.63, 3.8) is 0 Å². The van der Waals surface area contributed by atoms with Crippen LogP contribution < -0.4 is 5.14 Å². The standard InChI is InChI=1S/C21H12Cl3F3N2O2S2/c22-13-7-10(19-12(21(25,26)27)5-6-17(20(19)24)33(28,30)31)8-14(23)11(13)9-18-29-15-3-1-2-4-16(15)32-18/h1-8H,9H2,(H2,28,30,31). The van der Waals surface area contributed by atoms with Crippen molar-refractivity contribution in [3.8, 4) is 11.1 Å². The quantitative estimate of drug-likeness (QED) is 0.292. The number of primary sulfonamides is 1. The highest BCUT2D eigenvalue weighted by atomic mass is 35.5. The summed E-state index contributed by atoms with van der Waals surface area (Å²) in [5.74, 6) is 0. The number of aromatic nitrogens is 1. The lowest BCUT2D eigenvalue weighted by atomic mass is 9.97. The van der Waals surface area contributed by atoms with Crippen molar-refractivity contribution in [1.29, 1.82) is 0 Å². The van der Waals surface area contributed by atoms with Gasteiger partial charge in [-0.3, -0.25) is 0 Å². The number of hydrogen-bond donors (Lipinski definition) is 1. The third kappa shape index (κ3) is 4.84. The first-order chi connectivity index (χ1) is 15.4. The molecule has 0 fully saturated rings. The Morgan fingerprint density at radius 1 is 1.00 bits per heavy atom. The molecule has 0 amide bonds. The highest BCUT2D eigenvalue weighted by Gasteiger charge is 2.36. The lowest BCUT2D eigenvalue weighted by molar-refractivity contribution is -0.137. The number of para-hydroxylation sites is 1. The number of hydrogen-bond acceptors (Lipinski definition) is 4. The lowest BCUT2D eigenvalue weighted by Crippen LogP contribution is -2.15. The van der Waals surface area contributed by atoms with E-state index in [1.165, 1.54) is 23.5 Å². The van der Waals surface area contributed by atoms with E-state index in [1.807, 2.05) is 24.3 Å². The number of rotatable bonds is 4. The first kappa shape index (κ1) is 24.3. The van der Waals surface area contributed by atoms with Gasteiger partial charge < -0.3 is 0 Å². The summed E-state index contributed by atoms with van der Waals surface area (Å²) >= 11 is 20.4. The summed E-state index contributed by atoms with van der Waals surface area (Å²) in [4.78, 5) is 3.88. The number of nitrogens with zero attached hydrogens (tertiary/aromatic N) is 1. The van der Waals surface area contributed by atoms with Crippen molar-refractivity contribution in [2.75, 3.05) is 0 Å². The second-order valence-corrected chi connectivity index (χ2v) is 10.9. The SMILES string of the molecule is NS(=O)(=O)c1ccc(C(F)(F)F)c(-c2cc(Cl)c(Cc3nc4ccccc4s3)c(Cl)c2)c1Cl. The van der Waals surface area contributed by atoms with Crippen molar-refractivity contribution in [2.45, 2.75) is 17.5 Å². The Labute approximate surface area is 205 Å². The molecular formula is C21H12Cl3F3N2O2S2. The largest absolute Gasteiger partial charge is 0.417 e. The molecule has 0 bridgehead atoms. The Morgan fingerprint density at radius 3 is 2.21 bits per heavy atom. The van der Waals surface area contributed by atoms with Crippen LogP contribution in [-0.4, -0.2) is 13.4 Å². The van der Waals surface area contributed by atoms with Gasteiger partial charge in [0.15, 0.2) is 0 Å². The number of nitrogens with two attached hydrogens (primary N) is 1. The van der Waals surface area contributed by atoms with E-state index in [0.717, 1.165) is 15.2 Å². The van der Waals surface area contributed by atoms with Crippen LogP contribution in [-0.2, 0) is 22.6 Å². The van der Waals surface area contributed by atoms with Crippen LogP contribution in [0.5, 0.6) is 0 Å². The molecule has 172 valence electrons. The molecule has 3 aromatic carbocycles. The topological polar surface area (TPSA) is 73.1 Å². The van der Waals surface area contributed by atoms with E-state index < -0.39 is 37.2 Å². The van der Waals surface area contributed by atoms with E-state index in [-0.39, 0.29) is 22.0 Å². The normalized spacial score (nSPS) is 12.5. The molecule has 0 aliphatic heterocycles. The molecule has 0 spiro atoms. The van der Waals surface area contributed by atoms with Crippen LogP contribution in [0.1, 0.15) is 16.1 Å². The van der Waals surface area contributed by atoms with E-state index >= 15 is 0 Å². The number of benzene rings is 3. The first-order valence-corrected chi connectivity index (χ1v) is 12.6. The molecule has 4 aromatic rings. The third-order valence-electron chi connectivity index (χ3n) is 4.81. The molecule has 0 radical (unpaired) electrons. The smallest absolute Gasteiger partial charge is 0.241 e. The average molecular weight is 552 g/mol. The Balaban J connectivity index is 1.85. The van der Waals surface area contributed by atoms with Crippen molar-refractivity contribution in [1.82, 2.24) is 4.98 Å². The van der Waals surface area contributed by atoms with Gasteiger partial charge in [0.1, 0.15) is 4.90 Å². The molecule has 0 atom stereocenters. The van der Waals surface area contributed by atoms with Crippen molar-refractivity contribution in [3.05, 3.63) is 79.7 Å². The van der Waals surface area contributed by atoms with Gasteiger partial charge >= 0.3 is 6.18 Å². The molecule has 1 aromatic heterocycles. The summed E-state index contributed by atoms with van der Waals surface area (Å²) in [6.45, 7) is 0. The molecule has 12 heteroatoms. The maximum atomic E-state index is 13.7. The zero-order valence-electron chi connectivity index (χ0n) is 16.3. The molecule has 0 unspecified atom stereocenters. The highest BCUT2D eigenvalue weighted by Crippen LogP contribution is 2.45. The fourth-order valence-corrected chi connectivity index (χ4v) is 6.16. The summed E-state index contributed by atoms with van der Waals surface area (Å²) in [7, 11) is -4.38. The fourth-order valence-electron chi connectivity index (χ4n) is 3.36.